The Hall–Kier alpha value is -0.120. The minimum atomic E-state index is 0.0903. The topological polar surface area (TPSA) is 15.7 Å². The van der Waals surface area contributed by atoms with Crippen LogP contribution in [0.5, 0.6) is 0 Å². The third-order valence-corrected chi connectivity index (χ3v) is 2.74. The normalized spacial score (nSPS) is 32.2. The van der Waals surface area contributed by atoms with Crippen molar-refractivity contribution in [1.82, 2.24) is 9.80 Å². The summed E-state index contributed by atoms with van der Waals surface area (Å²) in [5.41, 5.74) is 0.0903. The Balaban J connectivity index is 2.00. The van der Waals surface area contributed by atoms with Crippen LogP contribution in [0.15, 0.2) is 0 Å². The van der Waals surface area contributed by atoms with Crippen LogP contribution in [0, 0.1) is 0 Å². The molecule has 0 amide bonds. The standard InChI is InChI=1S/C8H16N2O/c1-9-6-8(7-9)10(2)4-3-5-11-8/h3-7H2,1-2H3. The molecule has 2 aliphatic rings. The number of likely N-dealkylation sites (N-methyl/N-ethyl adjacent to an activating group) is 2. The van der Waals surface area contributed by atoms with Gasteiger partial charge in [-0.05, 0) is 20.5 Å². The Morgan fingerprint density at radius 1 is 1.27 bits per heavy atom. The van der Waals surface area contributed by atoms with Crippen LogP contribution in [0.2, 0.25) is 0 Å². The molecule has 0 aromatic rings. The smallest absolute Gasteiger partial charge is 0.146 e. The Labute approximate surface area is 67.9 Å². The Kier molecular flexibility index (Phi) is 1.67. The highest BCUT2D eigenvalue weighted by molar-refractivity contribution is 4.95. The molecule has 0 bridgehead atoms. The maximum atomic E-state index is 5.77. The first-order valence-electron chi connectivity index (χ1n) is 4.27. The largest absolute Gasteiger partial charge is 0.358 e. The summed E-state index contributed by atoms with van der Waals surface area (Å²) in [4.78, 5) is 4.64. The molecular weight excluding hydrogens is 140 g/mol. The number of hydrogen-bond acceptors (Lipinski definition) is 3. The van der Waals surface area contributed by atoms with Gasteiger partial charge in [0, 0.05) is 19.6 Å². The number of likely N-dealkylation sites (tertiary alicyclic amines) is 1. The van der Waals surface area contributed by atoms with Gasteiger partial charge in [0.05, 0.1) is 6.61 Å². The summed E-state index contributed by atoms with van der Waals surface area (Å²) in [6.07, 6.45) is 1.18. The third-order valence-electron chi connectivity index (χ3n) is 2.74. The second-order valence-electron chi connectivity index (χ2n) is 3.74. The zero-order valence-electron chi connectivity index (χ0n) is 7.34. The average Bonchev–Trinajstić information content (AvgIpc) is 1.92. The van der Waals surface area contributed by atoms with Crippen LogP contribution in [0.1, 0.15) is 6.42 Å². The predicted molar refractivity (Wildman–Crippen MR) is 43.4 cm³/mol. The van der Waals surface area contributed by atoms with E-state index in [2.05, 4.69) is 23.9 Å². The van der Waals surface area contributed by atoms with Gasteiger partial charge in [0.1, 0.15) is 5.72 Å². The summed E-state index contributed by atoms with van der Waals surface area (Å²) in [5.74, 6) is 0. The van der Waals surface area contributed by atoms with Crippen LogP contribution in [-0.4, -0.2) is 55.9 Å². The van der Waals surface area contributed by atoms with Gasteiger partial charge in [0.2, 0.25) is 0 Å². The van der Waals surface area contributed by atoms with Crippen LogP contribution < -0.4 is 0 Å². The van der Waals surface area contributed by atoms with Crippen molar-refractivity contribution < 1.29 is 4.74 Å². The monoisotopic (exact) mass is 156 g/mol. The molecule has 0 saturated carbocycles. The second kappa shape index (κ2) is 2.44. The highest BCUT2D eigenvalue weighted by Crippen LogP contribution is 2.29. The number of hydrogen-bond donors (Lipinski definition) is 0. The highest BCUT2D eigenvalue weighted by atomic mass is 16.5. The van der Waals surface area contributed by atoms with Crippen LogP contribution >= 0.6 is 0 Å². The lowest BCUT2D eigenvalue weighted by Gasteiger charge is -2.55. The lowest BCUT2D eigenvalue weighted by atomic mass is 10.0. The minimum absolute atomic E-state index is 0.0903. The fourth-order valence-electron chi connectivity index (χ4n) is 2.01. The molecule has 64 valence electrons. The molecule has 1 spiro atoms. The van der Waals surface area contributed by atoms with Crippen LogP contribution in [0.3, 0.4) is 0 Å². The first-order valence-corrected chi connectivity index (χ1v) is 4.27. The van der Waals surface area contributed by atoms with Gasteiger partial charge in [-0.3, -0.25) is 9.80 Å². The molecule has 0 atom stereocenters. The Morgan fingerprint density at radius 2 is 2.00 bits per heavy atom. The van der Waals surface area contributed by atoms with Gasteiger partial charge >= 0.3 is 0 Å². The molecule has 0 aromatic carbocycles. The molecule has 0 aliphatic carbocycles. The summed E-state index contributed by atoms with van der Waals surface area (Å²) in [7, 11) is 4.29. The van der Waals surface area contributed by atoms with Gasteiger partial charge in [-0.1, -0.05) is 0 Å². The molecule has 3 nitrogen and oxygen atoms in total. The molecular formula is C8H16N2O. The van der Waals surface area contributed by atoms with Crippen LogP contribution in [0.4, 0.5) is 0 Å². The maximum Gasteiger partial charge on any atom is 0.146 e. The molecule has 0 unspecified atom stereocenters. The number of ether oxygens (including phenoxy) is 1. The summed E-state index contributed by atoms with van der Waals surface area (Å²) < 4.78 is 5.77. The van der Waals surface area contributed by atoms with Crippen molar-refractivity contribution in [2.75, 3.05) is 40.3 Å². The van der Waals surface area contributed by atoms with E-state index in [9.17, 15) is 0 Å². The van der Waals surface area contributed by atoms with E-state index in [0.29, 0.717) is 0 Å². The molecule has 0 aromatic heterocycles. The van der Waals surface area contributed by atoms with Gasteiger partial charge in [0.25, 0.3) is 0 Å². The Morgan fingerprint density at radius 3 is 2.55 bits per heavy atom. The number of nitrogens with zero attached hydrogens (tertiary/aromatic N) is 2. The zero-order chi connectivity index (χ0) is 7.90. The van der Waals surface area contributed by atoms with Crippen LogP contribution in [0.25, 0.3) is 0 Å². The summed E-state index contributed by atoms with van der Waals surface area (Å²) in [5, 5.41) is 0. The minimum Gasteiger partial charge on any atom is -0.358 e. The molecule has 2 saturated heterocycles. The molecule has 3 heteroatoms. The predicted octanol–water partition coefficient (Wildman–Crippen LogP) is -0.0198. The highest BCUT2D eigenvalue weighted by Gasteiger charge is 2.46. The first kappa shape index (κ1) is 7.53. The van der Waals surface area contributed by atoms with Crippen molar-refractivity contribution >= 4 is 0 Å². The van der Waals surface area contributed by atoms with Gasteiger partial charge < -0.3 is 4.74 Å². The summed E-state index contributed by atoms with van der Waals surface area (Å²) >= 11 is 0. The maximum absolute atomic E-state index is 5.77. The van der Waals surface area contributed by atoms with E-state index in [0.717, 1.165) is 19.7 Å². The lowest BCUT2D eigenvalue weighted by molar-refractivity contribution is -0.240. The van der Waals surface area contributed by atoms with Crippen molar-refractivity contribution in [1.29, 1.82) is 0 Å². The Bertz CT molecular complexity index is 149. The third kappa shape index (κ3) is 1.08. The van der Waals surface area contributed by atoms with Gasteiger partial charge in [-0.25, -0.2) is 0 Å². The fraction of sp³-hybridized carbons (Fsp3) is 1.00. The van der Waals surface area contributed by atoms with Gasteiger partial charge in [-0.15, -0.1) is 0 Å². The average molecular weight is 156 g/mol. The SMILES string of the molecule is CN1CC2(C1)OCCCN2C. The molecule has 2 aliphatic heterocycles. The quantitative estimate of drug-likeness (QED) is 0.490. The number of rotatable bonds is 0. The molecule has 11 heavy (non-hydrogen) atoms. The molecule has 2 heterocycles. The van der Waals surface area contributed by atoms with E-state index >= 15 is 0 Å². The van der Waals surface area contributed by atoms with E-state index in [-0.39, 0.29) is 5.72 Å². The molecule has 0 radical (unpaired) electrons. The lowest BCUT2D eigenvalue weighted by Crippen LogP contribution is -2.71. The van der Waals surface area contributed by atoms with Crippen molar-refractivity contribution in [3.8, 4) is 0 Å². The van der Waals surface area contributed by atoms with Gasteiger partial charge in [-0.2, -0.15) is 0 Å². The van der Waals surface area contributed by atoms with E-state index in [1.54, 1.807) is 0 Å². The zero-order valence-corrected chi connectivity index (χ0v) is 7.34. The second-order valence-corrected chi connectivity index (χ2v) is 3.74. The molecule has 2 fully saturated rings. The summed E-state index contributed by atoms with van der Waals surface area (Å²) in [6, 6.07) is 0. The summed E-state index contributed by atoms with van der Waals surface area (Å²) in [6.45, 7) is 4.28. The van der Waals surface area contributed by atoms with E-state index in [4.69, 9.17) is 4.74 Å². The van der Waals surface area contributed by atoms with E-state index in [1.165, 1.54) is 13.0 Å². The van der Waals surface area contributed by atoms with Crippen molar-refractivity contribution in [2.24, 2.45) is 0 Å². The van der Waals surface area contributed by atoms with Crippen molar-refractivity contribution in [2.45, 2.75) is 12.1 Å². The molecule has 2 rings (SSSR count). The van der Waals surface area contributed by atoms with E-state index in [1.807, 2.05) is 0 Å². The van der Waals surface area contributed by atoms with Crippen molar-refractivity contribution in [3.63, 3.8) is 0 Å². The van der Waals surface area contributed by atoms with Gasteiger partial charge in [0.15, 0.2) is 0 Å². The molecule has 0 N–H and O–H groups in total. The van der Waals surface area contributed by atoms with E-state index < -0.39 is 0 Å². The van der Waals surface area contributed by atoms with Crippen molar-refractivity contribution in [3.05, 3.63) is 0 Å². The van der Waals surface area contributed by atoms with Crippen LogP contribution in [-0.2, 0) is 4.74 Å². The first-order chi connectivity index (χ1) is 5.23. The fourth-order valence-corrected chi connectivity index (χ4v) is 2.01.